The van der Waals surface area contributed by atoms with E-state index in [1.165, 1.54) is 0 Å². The molecule has 1 aliphatic rings. The minimum Gasteiger partial charge on any atom is -0.393 e. The molecule has 1 aliphatic heterocycles. The molecular formula is C9H18N2OS. The second-order valence-corrected chi connectivity index (χ2v) is 4.23. The van der Waals surface area contributed by atoms with Gasteiger partial charge in [-0.25, -0.2) is 0 Å². The quantitative estimate of drug-likeness (QED) is 0.679. The van der Waals surface area contributed by atoms with Gasteiger partial charge in [-0.1, -0.05) is 19.1 Å². The van der Waals surface area contributed by atoms with Crippen LogP contribution in [0, 0.1) is 5.92 Å². The average molecular weight is 202 g/mol. The van der Waals surface area contributed by atoms with E-state index in [-0.39, 0.29) is 0 Å². The monoisotopic (exact) mass is 202 g/mol. The number of ether oxygens (including phenoxy) is 1. The number of hydrogen-bond acceptors (Lipinski definition) is 3. The highest BCUT2D eigenvalue weighted by Crippen LogP contribution is 2.12. The fourth-order valence-electron chi connectivity index (χ4n) is 1.54. The lowest BCUT2D eigenvalue weighted by molar-refractivity contribution is 0.156. The summed E-state index contributed by atoms with van der Waals surface area (Å²) in [5.74, 6) is 0.292. The predicted molar refractivity (Wildman–Crippen MR) is 57.8 cm³/mol. The fourth-order valence-corrected chi connectivity index (χ4v) is 1.62. The highest BCUT2D eigenvalue weighted by Gasteiger charge is 2.21. The standard InChI is InChI=1S/C9H18N2OS/c1-7(9(10)13)5-11(2)8-3-4-12-6-8/h7-8H,3-6H2,1-2H3,(H2,10,13). The van der Waals surface area contributed by atoms with E-state index < -0.39 is 0 Å². The molecule has 0 aliphatic carbocycles. The molecule has 0 aromatic rings. The van der Waals surface area contributed by atoms with Gasteiger partial charge in [0.2, 0.25) is 0 Å². The highest BCUT2D eigenvalue weighted by molar-refractivity contribution is 7.80. The Morgan fingerprint density at radius 2 is 2.46 bits per heavy atom. The first-order valence-corrected chi connectivity index (χ1v) is 5.09. The van der Waals surface area contributed by atoms with Crippen molar-refractivity contribution in [2.45, 2.75) is 19.4 Å². The van der Waals surface area contributed by atoms with E-state index >= 15 is 0 Å². The fraction of sp³-hybridized carbons (Fsp3) is 0.889. The van der Waals surface area contributed by atoms with E-state index in [1.807, 2.05) is 0 Å². The molecule has 0 radical (unpaired) electrons. The van der Waals surface area contributed by atoms with Crippen LogP contribution in [-0.2, 0) is 4.74 Å². The smallest absolute Gasteiger partial charge is 0.0768 e. The molecular weight excluding hydrogens is 184 g/mol. The van der Waals surface area contributed by atoms with E-state index in [1.54, 1.807) is 0 Å². The van der Waals surface area contributed by atoms with Gasteiger partial charge in [0.1, 0.15) is 0 Å². The molecule has 1 fully saturated rings. The van der Waals surface area contributed by atoms with Crippen LogP contribution in [0.4, 0.5) is 0 Å². The minimum absolute atomic E-state index is 0.292. The summed E-state index contributed by atoms with van der Waals surface area (Å²) in [4.78, 5) is 2.89. The van der Waals surface area contributed by atoms with Crippen LogP contribution >= 0.6 is 12.2 Å². The Morgan fingerprint density at radius 1 is 1.77 bits per heavy atom. The van der Waals surface area contributed by atoms with E-state index in [4.69, 9.17) is 22.7 Å². The van der Waals surface area contributed by atoms with E-state index in [2.05, 4.69) is 18.9 Å². The second-order valence-electron chi connectivity index (χ2n) is 3.76. The third-order valence-electron chi connectivity index (χ3n) is 2.58. The maximum absolute atomic E-state index is 5.56. The van der Waals surface area contributed by atoms with Gasteiger partial charge in [-0.05, 0) is 13.5 Å². The number of hydrogen-bond donors (Lipinski definition) is 1. The van der Waals surface area contributed by atoms with Crippen LogP contribution in [0.2, 0.25) is 0 Å². The molecule has 0 aromatic carbocycles. The number of nitrogens with zero attached hydrogens (tertiary/aromatic N) is 1. The molecule has 2 unspecified atom stereocenters. The molecule has 0 saturated carbocycles. The molecule has 4 heteroatoms. The Morgan fingerprint density at radius 3 is 2.92 bits per heavy atom. The number of nitrogens with two attached hydrogens (primary N) is 1. The lowest BCUT2D eigenvalue weighted by atomic mass is 10.1. The Bertz CT molecular complexity index is 180. The van der Waals surface area contributed by atoms with Crippen molar-refractivity contribution in [2.24, 2.45) is 11.7 Å². The van der Waals surface area contributed by atoms with Gasteiger partial charge in [0.05, 0.1) is 11.6 Å². The maximum Gasteiger partial charge on any atom is 0.0768 e. The zero-order chi connectivity index (χ0) is 9.84. The minimum atomic E-state index is 0.292. The number of rotatable bonds is 4. The molecule has 13 heavy (non-hydrogen) atoms. The van der Waals surface area contributed by atoms with Crippen molar-refractivity contribution in [3.8, 4) is 0 Å². The van der Waals surface area contributed by atoms with E-state index in [0.717, 1.165) is 26.2 Å². The van der Waals surface area contributed by atoms with Gasteiger partial charge in [-0.2, -0.15) is 0 Å². The molecule has 1 heterocycles. The van der Waals surface area contributed by atoms with Crippen molar-refractivity contribution in [1.29, 1.82) is 0 Å². The summed E-state index contributed by atoms with van der Waals surface area (Å²) in [7, 11) is 2.11. The maximum atomic E-state index is 5.56. The summed E-state index contributed by atoms with van der Waals surface area (Å²) in [6.45, 7) is 4.73. The van der Waals surface area contributed by atoms with Gasteiger partial charge in [-0.3, -0.25) is 0 Å². The molecule has 1 saturated heterocycles. The third kappa shape index (κ3) is 3.21. The van der Waals surface area contributed by atoms with E-state index in [0.29, 0.717) is 16.9 Å². The van der Waals surface area contributed by atoms with E-state index in [9.17, 15) is 0 Å². The van der Waals surface area contributed by atoms with Gasteiger partial charge in [0, 0.05) is 25.1 Å². The SMILES string of the molecule is CC(CN(C)C1CCOC1)C(N)=S. The summed E-state index contributed by atoms with van der Waals surface area (Å²) in [5, 5.41) is 0. The van der Waals surface area contributed by atoms with Gasteiger partial charge in [0.25, 0.3) is 0 Å². The van der Waals surface area contributed by atoms with Crippen LogP contribution in [-0.4, -0.2) is 42.7 Å². The van der Waals surface area contributed by atoms with Crippen molar-refractivity contribution in [3.05, 3.63) is 0 Å². The molecule has 3 nitrogen and oxygen atoms in total. The molecule has 2 atom stereocenters. The van der Waals surface area contributed by atoms with Crippen molar-refractivity contribution in [3.63, 3.8) is 0 Å². The third-order valence-corrected chi connectivity index (χ3v) is 2.98. The molecule has 0 aromatic heterocycles. The van der Waals surface area contributed by atoms with Crippen LogP contribution in [0.1, 0.15) is 13.3 Å². The summed E-state index contributed by atoms with van der Waals surface area (Å²) in [6, 6.07) is 0.553. The first-order chi connectivity index (χ1) is 6.11. The van der Waals surface area contributed by atoms with Gasteiger partial charge in [0.15, 0.2) is 0 Å². The molecule has 0 bridgehead atoms. The lowest BCUT2D eigenvalue weighted by Crippen LogP contribution is -2.38. The first-order valence-electron chi connectivity index (χ1n) is 4.68. The largest absolute Gasteiger partial charge is 0.393 e. The predicted octanol–water partition coefficient (Wildman–Crippen LogP) is 0.629. The van der Waals surface area contributed by atoms with Crippen LogP contribution in [0.3, 0.4) is 0 Å². The lowest BCUT2D eigenvalue weighted by Gasteiger charge is -2.25. The molecule has 2 N–H and O–H groups in total. The summed E-state index contributed by atoms with van der Waals surface area (Å²) < 4.78 is 5.31. The second kappa shape index (κ2) is 4.88. The van der Waals surface area contributed by atoms with Crippen molar-refractivity contribution >= 4 is 17.2 Å². The van der Waals surface area contributed by atoms with Crippen LogP contribution in [0.25, 0.3) is 0 Å². The van der Waals surface area contributed by atoms with Crippen molar-refractivity contribution < 1.29 is 4.74 Å². The van der Waals surface area contributed by atoms with Gasteiger partial charge >= 0.3 is 0 Å². The zero-order valence-electron chi connectivity index (χ0n) is 8.32. The summed E-state index contributed by atoms with van der Waals surface area (Å²) in [5.41, 5.74) is 5.56. The van der Waals surface area contributed by atoms with Crippen molar-refractivity contribution in [1.82, 2.24) is 4.90 Å². The normalized spacial score (nSPS) is 25.0. The summed E-state index contributed by atoms with van der Waals surface area (Å²) in [6.07, 6.45) is 1.13. The highest BCUT2D eigenvalue weighted by atomic mass is 32.1. The Labute approximate surface area is 85.2 Å². The Kier molecular flexibility index (Phi) is 4.09. The van der Waals surface area contributed by atoms with Gasteiger partial charge in [-0.15, -0.1) is 0 Å². The van der Waals surface area contributed by atoms with Crippen LogP contribution in [0.15, 0.2) is 0 Å². The first kappa shape index (κ1) is 10.9. The van der Waals surface area contributed by atoms with Crippen molar-refractivity contribution in [2.75, 3.05) is 26.8 Å². The molecule has 1 rings (SSSR count). The molecule has 76 valence electrons. The molecule has 0 amide bonds. The number of likely N-dealkylation sites (N-methyl/N-ethyl adjacent to an activating group) is 1. The van der Waals surface area contributed by atoms with Crippen LogP contribution < -0.4 is 5.73 Å². The molecule has 0 spiro atoms. The zero-order valence-corrected chi connectivity index (χ0v) is 9.14. The Hall–Kier alpha value is -0.190. The van der Waals surface area contributed by atoms with Gasteiger partial charge < -0.3 is 15.4 Å². The summed E-state index contributed by atoms with van der Waals surface area (Å²) >= 11 is 4.93. The Balaban J connectivity index is 2.30. The van der Waals surface area contributed by atoms with Crippen LogP contribution in [0.5, 0.6) is 0 Å². The topological polar surface area (TPSA) is 38.5 Å². The number of thiocarbonyl (C=S) groups is 1. The average Bonchev–Trinajstić information content (AvgIpc) is 2.55.